The van der Waals surface area contributed by atoms with Crippen LogP contribution in [0, 0.1) is 5.92 Å². The maximum absolute atomic E-state index is 13.6. The molecule has 9 nitrogen and oxygen atoms in total. The zero-order valence-corrected chi connectivity index (χ0v) is 21.1. The zero-order chi connectivity index (χ0) is 23.8. The zero-order valence-electron chi connectivity index (χ0n) is 19.5. The number of hydrogen-bond donors (Lipinski definition) is 1. The Kier molecular flexibility index (Phi) is 6.72. The summed E-state index contributed by atoms with van der Waals surface area (Å²) in [7, 11) is 0. The number of anilines is 1. The van der Waals surface area contributed by atoms with Gasteiger partial charge in [-0.15, -0.1) is 0 Å². The molecule has 36 heavy (non-hydrogen) atoms. The number of amides is 1. The minimum atomic E-state index is -0.535. The summed E-state index contributed by atoms with van der Waals surface area (Å²) in [5, 5.41) is 2.76. The molecule has 4 aliphatic heterocycles. The van der Waals surface area contributed by atoms with E-state index < -0.39 is 5.92 Å². The Hall–Kier alpha value is -3.37. The lowest BCUT2D eigenvalue weighted by Gasteiger charge is -2.51. The molecule has 1 atom stereocenters. The van der Waals surface area contributed by atoms with Gasteiger partial charge >= 0.3 is 5.97 Å². The van der Waals surface area contributed by atoms with Crippen molar-refractivity contribution in [2.45, 2.75) is 24.9 Å². The third kappa shape index (κ3) is 4.58. The van der Waals surface area contributed by atoms with Gasteiger partial charge in [-0.2, -0.15) is 0 Å². The van der Waals surface area contributed by atoms with E-state index in [0.717, 1.165) is 37.1 Å². The average molecular weight is 552 g/mol. The molecule has 2 bridgehead atoms. The number of carbonyl (C=O) groups is 2. The van der Waals surface area contributed by atoms with Crippen LogP contribution in [0.2, 0.25) is 0 Å². The van der Waals surface area contributed by atoms with Gasteiger partial charge in [0, 0.05) is 29.9 Å². The van der Waals surface area contributed by atoms with Crippen LogP contribution in [0.15, 0.2) is 61.2 Å². The van der Waals surface area contributed by atoms with E-state index in [4.69, 9.17) is 9.47 Å². The van der Waals surface area contributed by atoms with Crippen LogP contribution in [0.3, 0.4) is 0 Å². The van der Waals surface area contributed by atoms with Gasteiger partial charge < -0.3 is 30.9 Å². The van der Waals surface area contributed by atoms with Crippen LogP contribution in [-0.2, 0) is 14.3 Å². The molecule has 0 aliphatic carbocycles. The fourth-order valence-corrected chi connectivity index (χ4v) is 5.73. The quantitative estimate of drug-likeness (QED) is 0.349. The Morgan fingerprint density at radius 3 is 2.22 bits per heavy atom. The van der Waals surface area contributed by atoms with Gasteiger partial charge in [0.25, 0.3) is 5.91 Å². The monoisotopic (exact) mass is 551 g/mol. The van der Waals surface area contributed by atoms with E-state index >= 15 is 0 Å². The fourth-order valence-electron chi connectivity index (χ4n) is 5.73. The van der Waals surface area contributed by atoms with E-state index in [1.54, 1.807) is 0 Å². The number of halogens is 1. The first kappa shape index (κ1) is 24.3. The molecule has 0 radical (unpaired) electrons. The summed E-state index contributed by atoms with van der Waals surface area (Å²) in [5.74, 6) is 0.979. The number of nitrogens with one attached hydrogen (secondary N) is 1. The van der Waals surface area contributed by atoms with Gasteiger partial charge in [-0.1, -0.05) is 36.4 Å². The van der Waals surface area contributed by atoms with Crippen molar-refractivity contribution in [3.63, 3.8) is 0 Å². The van der Waals surface area contributed by atoms with Gasteiger partial charge in [-0.05, 0) is 12.1 Å². The van der Waals surface area contributed by atoms with Crippen molar-refractivity contribution in [1.29, 1.82) is 0 Å². The number of carbonyl (C=O) groups excluding carboxylic acids is 2. The lowest BCUT2D eigenvalue weighted by Crippen LogP contribution is -3.00. The second kappa shape index (κ2) is 9.94. The first-order valence-electron chi connectivity index (χ1n) is 11.9. The van der Waals surface area contributed by atoms with Crippen molar-refractivity contribution in [2.24, 2.45) is 5.92 Å². The molecule has 5 heterocycles. The lowest BCUT2D eigenvalue weighted by molar-refractivity contribution is -0.938. The van der Waals surface area contributed by atoms with E-state index in [1.165, 1.54) is 12.7 Å². The summed E-state index contributed by atoms with van der Waals surface area (Å²) < 4.78 is 12.9. The number of para-hydroxylation sites is 2. The van der Waals surface area contributed by atoms with Gasteiger partial charge in [-0.25, -0.2) is 15.0 Å². The van der Waals surface area contributed by atoms with E-state index in [9.17, 15) is 9.59 Å². The van der Waals surface area contributed by atoms with Crippen LogP contribution in [0.25, 0.3) is 0 Å². The second-order valence-electron chi connectivity index (χ2n) is 9.56. The van der Waals surface area contributed by atoms with Crippen LogP contribution in [0.5, 0.6) is 11.5 Å². The Labute approximate surface area is 219 Å². The molecule has 2 aromatic carbocycles. The maximum atomic E-state index is 13.6. The van der Waals surface area contributed by atoms with Crippen LogP contribution >= 0.6 is 0 Å². The highest BCUT2D eigenvalue weighted by molar-refractivity contribution is 5.89. The largest absolute Gasteiger partial charge is 1.00 e. The number of piperidine rings is 3. The molecular formula is C26H26BrN5O4. The number of benzene rings is 2. The van der Waals surface area contributed by atoms with Crippen molar-refractivity contribution in [1.82, 2.24) is 15.0 Å². The molecule has 0 saturated carbocycles. The Balaban J connectivity index is 0.00000267. The maximum Gasteiger partial charge on any atom is 0.318 e. The SMILES string of the molecule is O=C(C[N+]12CCC(CC1)[C@@H](OC(=O)C1c3ccccc3Oc3ccccc31)C2)Nc1ncncn1.[Br-]. The van der Waals surface area contributed by atoms with Crippen molar-refractivity contribution >= 4 is 17.8 Å². The molecule has 0 spiro atoms. The van der Waals surface area contributed by atoms with Crippen molar-refractivity contribution in [3.05, 3.63) is 72.3 Å². The molecule has 1 aromatic heterocycles. The highest BCUT2D eigenvalue weighted by atomic mass is 79.9. The molecule has 3 saturated heterocycles. The Bertz CT molecular complexity index is 1220. The van der Waals surface area contributed by atoms with E-state index in [1.807, 2.05) is 48.5 Å². The minimum Gasteiger partial charge on any atom is -1.00 e. The van der Waals surface area contributed by atoms with Crippen molar-refractivity contribution < 1.29 is 40.5 Å². The van der Waals surface area contributed by atoms with Crippen LogP contribution < -0.4 is 27.0 Å². The molecule has 186 valence electrons. The van der Waals surface area contributed by atoms with Gasteiger partial charge in [0.1, 0.15) is 36.6 Å². The molecule has 4 aliphatic rings. The summed E-state index contributed by atoms with van der Waals surface area (Å²) in [6.07, 6.45) is 4.33. The number of esters is 1. The third-order valence-electron chi connectivity index (χ3n) is 7.45. The smallest absolute Gasteiger partial charge is 0.318 e. The molecule has 10 heteroatoms. The van der Waals surface area contributed by atoms with Crippen molar-refractivity contribution in [2.75, 3.05) is 31.5 Å². The number of hydrogen-bond acceptors (Lipinski definition) is 7. The predicted octanol–water partition coefficient (Wildman–Crippen LogP) is -0.0959. The Morgan fingerprint density at radius 2 is 1.58 bits per heavy atom. The normalized spacial score (nSPS) is 23.9. The number of ether oxygens (including phenoxy) is 2. The van der Waals surface area contributed by atoms with Gasteiger partial charge in [-0.3, -0.25) is 14.9 Å². The molecule has 1 N–H and O–H groups in total. The highest BCUT2D eigenvalue weighted by Crippen LogP contribution is 2.45. The van der Waals surface area contributed by atoms with Gasteiger partial charge in [0.2, 0.25) is 5.95 Å². The Morgan fingerprint density at radius 1 is 0.972 bits per heavy atom. The molecule has 0 unspecified atom stereocenters. The first-order valence-corrected chi connectivity index (χ1v) is 11.9. The van der Waals surface area contributed by atoms with Crippen LogP contribution in [0.4, 0.5) is 5.95 Å². The summed E-state index contributed by atoms with van der Waals surface area (Å²) in [6.45, 7) is 2.72. The predicted molar refractivity (Wildman–Crippen MR) is 126 cm³/mol. The van der Waals surface area contributed by atoms with E-state index in [2.05, 4.69) is 20.3 Å². The summed E-state index contributed by atoms with van der Waals surface area (Å²) in [4.78, 5) is 38.1. The van der Waals surface area contributed by atoms with Crippen LogP contribution in [-0.4, -0.2) is 63.6 Å². The average Bonchev–Trinajstić information content (AvgIpc) is 2.88. The van der Waals surface area contributed by atoms with Gasteiger partial charge in [0.05, 0.1) is 13.1 Å². The number of aromatic nitrogens is 3. The standard InChI is InChI=1S/C26H25N5O4.BrH/c32-23(30-26-28-15-27-16-29-26)14-31-11-9-17(10-12-31)22(13-31)35-25(33)24-18-5-1-3-7-20(18)34-21-8-4-2-6-19(21)24;/h1-8,15-17,22,24H,9-14H2;1H/t17?,22-,31?;/m0./s1. The molecule has 3 fully saturated rings. The summed E-state index contributed by atoms with van der Waals surface area (Å²) >= 11 is 0. The number of fused-ring (bicyclic) bond motifs is 5. The number of rotatable bonds is 5. The number of nitrogens with zero attached hydrogens (tertiary/aromatic N) is 4. The van der Waals surface area contributed by atoms with E-state index in [0.29, 0.717) is 35.0 Å². The highest BCUT2D eigenvalue weighted by Gasteiger charge is 2.49. The second-order valence-corrected chi connectivity index (χ2v) is 9.56. The first-order chi connectivity index (χ1) is 17.1. The van der Waals surface area contributed by atoms with Crippen LogP contribution in [0.1, 0.15) is 29.9 Å². The molecule has 3 aromatic rings. The summed E-state index contributed by atoms with van der Waals surface area (Å²) in [5.41, 5.74) is 1.64. The topological polar surface area (TPSA) is 103 Å². The van der Waals surface area contributed by atoms with Crippen molar-refractivity contribution in [3.8, 4) is 11.5 Å². The third-order valence-corrected chi connectivity index (χ3v) is 7.45. The molecule has 1 amide bonds. The molecular weight excluding hydrogens is 526 g/mol. The molecule has 7 rings (SSSR count). The van der Waals surface area contributed by atoms with Gasteiger partial charge in [0.15, 0.2) is 12.6 Å². The number of quaternary nitrogens is 1. The minimum absolute atomic E-state index is 0. The lowest BCUT2D eigenvalue weighted by atomic mass is 9.82. The fraction of sp³-hybridized carbons (Fsp3) is 0.346. The van der Waals surface area contributed by atoms with E-state index in [-0.39, 0.29) is 40.9 Å². The summed E-state index contributed by atoms with van der Waals surface area (Å²) in [6, 6.07) is 15.2.